The van der Waals surface area contributed by atoms with E-state index in [-0.39, 0.29) is 4.90 Å². The molecule has 0 heterocycles. The summed E-state index contributed by atoms with van der Waals surface area (Å²) in [6, 6.07) is 9.68. The Morgan fingerprint density at radius 2 is 1.68 bits per heavy atom. The first-order valence-electron chi connectivity index (χ1n) is 6.38. The third kappa shape index (κ3) is 3.53. The molecule has 2 aromatic rings. The maximum atomic E-state index is 12.4. The number of benzene rings is 2. The Kier molecular flexibility index (Phi) is 4.97. The van der Waals surface area contributed by atoms with Crippen LogP contribution in [0.5, 0.6) is 11.5 Å². The van der Waals surface area contributed by atoms with Gasteiger partial charge in [0, 0.05) is 16.2 Å². The number of hydrogen-bond acceptors (Lipinski definition) is 4. The number of ether oxygens (including phenoxy) is 2. The van der Waals surface area contributed by atoms with E-state index in [4.69, 9.17) is 9.47 Å². The molecule has 0 aromatic heterocycles. The van der Waals surface area contributed by atoms with Crippen molar-refractivity contribution in [2.24, 2.45) is 0 Å². The van der Waals surface area contributed by atoms with Gasteiger partial charge in [-0.3, -0.25) is 4.72 Å². The van der Waals surface area contributed by atoms with Crippen LogP contribution in [0.4, 0.5) is 5.69 Å². The molecular formula is C15H16BrNO4S. The predicted molar refractivity (Wildman–Crippen MR) is 89.2 cm³/mol. The second kappa shape index (κ2) is 6.58. The summed E-state index contributed by atoms with van der Waals surface area (Å²) in [5.74, 6) is 0.832. The second-order valence-electron chi connectivity index (χ2n) is 4.59. The van der Waals surface area contributed by atoms with E-state index in [1.165, 1.54) is 26.4 Å². The van der Waals surface area contributed by atoms with Gasteiger partial charge in [-0.05, 0) is 42.8 Å². The molecule has 1 N–H and O–H groups in total. The standard InChI is InChI=1S/C15H16BrNO4S/c1-10-8-11(4-6-13(10)16)17-22(18,19)12-5-7-14(20-2)15(9-12)21-3/h4-9,17H,1-3H3. The Balaban J connectivity index is 2.35. The Hall–Kier alpha value is -1.73. The van der Waals surface area contributed by atoms with Gasteiger partial charge in [0.05, 0.1) is 19.1 Å². The number of sulfonamides is 1. The highest BCUT2D eigenvalue weighted by Gasteiger charge is 2.17. The van der Waals surface area contributed by atoms with Crippen LogP contribution in [0.2, 0.25) is 0 Å². The molecule has 0 spiro atoms. The van der Waals surface area contributed by atoms with Crippen molar-refractivity contribution in [3.8, 4) is 11.5 Å². The van der Waals surface area contributed by atoms with Gasteiger partial charge in [-0.25, -0.2) is 8.42 Å². The van der Waals surface area contributed by atoms with Crippen molar-refractivity contribution in [3.05, 3.63) is 46.4 Å². The van der Waals surface area contributed by atoms with Gasteiger partial charge in [-0.2, -0.15) is 0 Å². The van der Waals surface area contributed by atoms with E-state index in [0.717, 1.165) is 10.0 Å². The van der Waals surface area contributed by atoms with Gasteiger partial charge in [-0.15, -0.1) is 0 Å². The Labute approximate surface area is 138 Å². The molecule has 2 rings (SSSR count). The summed E-state index contributed by atoms with van der Waals surface area (Å²) in [6.45, 7) is 1.89. The minimum Gasteiger partial charge on any atom is -0.493 e. The zero-order valence-electron chi connectivity index (χ0n) is 12.4. The molecule has 0 aliphatic heterocycles. The van der Waals surface area contributed by atoms with Crippen LogP contribution in [0.1, 0.15) is 5.56 Å². The van der Waals surface area contributed by atoms with E-state index >= 15 is 0 Å². The minimum absolute atomic E-state index is 0.103. The molecular weight excluding hydrogens is 370 g/mol. The molecule has 0 atom stereocenters. The smallest absolute Gasteiger partial charge is 0.262 e. The lowest BCUT2D eigenvalue weighted by molar-refractivity contribution is 0.354. The van der Waals surface area contributed by atoms with Gasteiger partial charge >= 0.3 is 0 Å². The molecule has 22 heavy (non-hydrogen) atoms. The topological polar surface area (TPSA) is 64.6 Å². The summed E-state index contributed by atoms with van der Waals surface area (Å²) < 4.78 is 38.6. The van der Waals surface area contributed by atoms with Crippen molar-refractivity contribution in [1.29, 1.82) is 0 Å². The zero-order valence-corrected chi connectivity index (χ0v) is 14.8. The molecule has 0 saturated carbocycles. The molecule has 0 fully saturated rings. The maximum Gasteiger partial charge on any atom is 0.262 e. The second-order valence-corrected chi connectivity index (χ2v) is 7.12. The molecule has 0 bridgehead atoms. The van der Waals surface area contributed by atoms with Crippen LogP contribution in [0.25, 0.3) is 0 Å². The first-order valence-corrected chi connectivity index (χ1v) is 8.66. The maximum absolute atomic E-state index is 12.4. The van der Waals surface area contributed by atoms with E-state index in [1.807, 2.05) is 6.92 Å². The quantitative estimate of drug-likeness (QED) is 0.853. The minimum atomic E-state index is -3.70. The van der Waals surface area contributed by atoms with Gasteiger partial charge in [0.2, 0.25) is 0 Å². The number of methoxy groups -OCH3 is 2. The molecule has 7 heteroatoms. The molecule has 0 aliphatic carbocycles. The monoisotopic (exact) mass is 385 g/mol. The molecule has 0 unspecified atom stereocenters. The van der Waals surface area contributed by atoms with Crippen molar-refractivity contribution in [2.75, 3.05) is 18.9 Å². The van der Waals surface area contributed by atoms with E-state index in [9.17, 15) is 8.42 Å². The summed E-state index contributed by atoms with van der Waals surface area (Å²) in [6.07, 6.45) is 0. The van der Waals surface area contributed by atoms with E-state index in [1.54, 1.807) is 24.3 Å². The van der Waals surface area contributed by atoms with Crippen LogP contribution in [0, 0.1) is 6.92 Å². The SMILES string of the molecule is COc1ccc(S(=O)(=O)Nc2ccc(Br)c(C)c2)cc1OC. The number of anilines is 1. The van der Waals surface area contributed by atoms with Crippen molar-refractivity contribution in [2.45, 2.75) is 11.8 Å². The van der Waals surface area contributed by atoms with Crippen molar-refractivity contribution < 1.29 is 17.9 Å². The summed E-state index contributed by atoms with van der Waals surface area (Å²) in [4.78, 5) is 0.103. The first-order chi connectivity index (χ1) is 10.4. The average molecular weight is 386 g/mol. The number of rotatable bonds is 5. The van der Waals surface area contributed by atoms with Crippen molar-refractivity contribution >= 4 is 31.6 Å². The predicted octanol–water partition coefficient (Wildman–Crippen LogP) is 3.58. The third-order valence-electron chi connectivity index (χ3n) is 3.08. The number of hydrogen-bond donors (Lipinski definition) is 1. The van der Waals surface area contributed by atoms with Gasteiger partial charge in [-0.1, -0.05) is 15.9 Å². The van der Waals surface area contributed by atoms with Crippen LogP contribution in [-0.2, 0) is 10.0 Å². The third-order valence-corrected chi connectivity index (χ3v) is 5.34. The van der Waals surface area contributed by atoms with Crippen LogP contribution >= 0.6 is 15.9 Å². The highest BCUT2D eigenvalue weighted by molar-refractivity contribution is 9.10. The van der Waals surface area contributed by atoms with Crippen LogP contribution in [0.15, 0.2) is 45.8 Å². The fourth-order valence-corrected chi connectivity index (χ4v) is 3.22. The molecule has 118 valence electrons. The summed E-state index contributed by atoms with van der Waals surface area (Å²) in [5, 5.41) is 0. The summed E-state index contributed by atoms with van der Waals surface area (Å²) >= 11 is 3.38. The van der Waals surface area contributed by atoms with Crippen LogP contribution in [-0.4, -0.2) is 22.6 Å². The Morgan fingerprint density at radius 1 is 1.00 bits per heavy atom. The van der Waals surface area contributed by atoms with Crippen molar-refractivity contribution in [3.63, 3.8) is 0 Å². The lowest BCUT2D eigenvalue weighted by atomic mass is 10.2. The van der Waals surface area contributed by atoms with E-state index < -0.39 is 10.0 Å². The zero-order chi connectivity index (χ0) is 16.3. The molecule has 5 nitrogen and oxygen atoms in total. The van der Waals surface area contributed by atoms with E-state index in [0.29, 0.717) is 17.2 Å². The molecule has 2 aromatic carbocycles. The number of nitrogens with one attached hydrogen (secondary N) is 1. The highest BCUT2D eigenvalue weighted by atomic mass is 79.9. The van der Waals surface area contributed by atoms with E-state index in [2.05, 4.69) is 20.7 Å². The van der Waals surface area contributed by atoms with Crippen LogP contribution in [0.3, 0.4) is 0 Å². The fourth-order valence-electron chi connectivity index (χ4n) is 1.91. The number of aryl methyl sites for hydroxylation is 1. The number of halogens is 1. The Morgan fingerprint density at radius 3 is 2.27 bits per heavy atom. The van der Waals surface area contributed by atoms with Gasteiger partial charge < -0.3 is 9.47 Å². The van der Waals surface area contributed by atoms with Crippen molar-refractivity contribution in [1.82, 2.24) is 0 Å². The summed E-state index contributed by atoms with van der Waals surface area (Å²) in [5.41, 5.74) is 1.43. The normalized spacial score (nSPS) is 11.1. The molecule has 0 amide bonds. The molecule has 0 saturated heterocycles. The Bertz CT molecular complexity index is 790. The molecule has 0 aliphatic rings. The lowest BCUT2D eigenvalue weighted by Gasteiger charge is -2.12. The van der Waals surface area contributed by atoms with Gasteiger partial charge in [0.15, 0.2) is 11.5 Å². The summed E-state index contributed by atoms with van der Waals surface area (Å²) in [7, 11) is -0.748. The van der Waals surface area contributed by atoms with Crippen LogP contribution < -0.4 is 14.2 Å². The average Bonchev–Trinajstić information content (AvgIpc) is 2.50. The van der Waals surface area contributed by atoms with Gasteiger partial charge in [0.25, 0.3) is 10.0 Å². The highest BCUT2D eigenvalue weighted by Crippen LogP contribution is 2.30. The lowest BCUT2D eigenvalue weighted by Crippen LogP contribution is -2.13. The first kappa shape index (κ1) is 16.6. The van der Waals surface area contributed by atoms with Gasteiger partial charge in [0.1, 0.15) is 0 Å². The molecule has 0 radical (unpaired) electrons. The largest absolute Gasteiger partial charge is 0.493 e. The fraction of sp³-hybridized carbons (Fsp3) is 0.200.